The van der Waals surface area contributed by atoms with Crippen molar-refractivity contribution in [1.82, 2.24) is 10.2 Å². The first-order chi connectivity index (χ1) is 8.22. The van der Waals surface area contributed by atoms with E-state index in [9.17, 15) is 9.59 Å². The van der Waals surface area contributed by atoms with Crippen LogP contribution in [0, 0.1) is 0 Å². The summed E-state index contributed by atoms with van der Waals surface area (Å²) in [5.41, 5.74) is 0. The van der Waals surface area contributed by atoms with Crippen molar-refractivity contribution in [3.05, 3.63) is 0 Å². The summed E-state index contributed by atoms with van der Waals surface area (Å²) in [5.74, 6) is -0.352. The third-order valence-electron chi connectivity index (χ3n) is 3.33. The fourth-order valence-electron chi connectivity index (χ4n) is 2.43. The largest absolute Gasteiger partial charge is 0.381 e. The van der Waals surface area contributed by atoms with Gasteiger partial charge in [0.1, 0.15) is 11.9 Å². The van der Waals surface area contributed by atoms with Gasteiger partial charge in [0.15, 0.2) is 0 Å². The Morgan fingerprint density at radius 3 is 2.76 bits per heavy atom. The van der Waals surface area contributed by atoms with E-state index in [1.54, 1.807) is 0 Å². The van der Waals surface area contributed by atoms with Crippen LogP contribution in [0.3, 0.4) is 0 Å². The molecule has 0 saturated carbocycles. The topological polar surface area (TPSA) is 58.6 Å². The molecule has 1 atom stereocenters. The first-order valence-electron chi connectivity index (χ1n) is 5.96. The van der Waals surface area contributed by atoms with E-state index in [1.807, 2.05) is 4.90 Å². The van der Waals surface area contributed by atoms with Gasteiger partial charge in [-0.1, -0.05) is 0 Å². The molecule has 0 spiro atoms. The second-order valence-corrected chi connectivity index (χ2v) is 4.68. The SMILES string of the molecule is O=C(CCl)NC1CCN(C2CCOCC2)C1=O. The standard InChI is InChI=1S/C11H17ClN2O3/c12-7-10(15)13-9-1-4-14(11(9)16)8-2-5-17-6-3-8/h8-9H,1-7H2,(H,13,15). The lowest BCUT2D eigenvalue weighted by Crippen LogP contribution is -2.46. The molecule has 17 heavy (non-hydrogen) atoms. The van der Waals surface area contributed by atoms with Crippen molar-refractivity contribution in [2.45, 2.75) is 31.3 Å². The number of nitrogens with zero attached hydrogens (tertiary/aromatic N) is 1. The number of likely N-dealkylation sites (tertiary alicyclic amines) is 1. The molecule has 2 saturated heterocycles. The first-order valence-corrected chi connectivity index (χ1v) is 6.49. The average Bonchev–Trinajstić information content (AvgIpc) is 2.72. The van der Waals surface area contributed by atoms with Crippen molar-refractivity contribution in [2.75, 3.05) is 25.6 Å². The van der Waals surface area contributed by atoms with Gasteiger partial charge in [-0.25, -0.2) is 0 Å². The van der Waals surface area contributed by atoms with E-state index in [1.165, 1.54) is 0 Å². The van der Waals surface area contributed by atoms with Crippen LogP contribution in [0.15, 0.2) is 0 Å². The zero-order chi connectivity index (χ0) is 12.3. The van der Waals surface area contributed by atoms with Crippen molar-refractivity contribution in [3.8, 4) is 0 Å². The lowest BCUT2D eigenvalue weighted by Gasteiger charge is -2.31. The van der Waals surface area contributed by atoms with Gasteiger partial charge in [0.2, 0.25) is 11.8 Å². The lowest BCUT2D eigenvalue weighted by molar-refractivity contribution is -0.135. The van der Waals surface area contributed by atoms with Crippen molar-refractivity contribution in [2.24, 2.45) is 0 Å². The smallest absolute Gasteiger partial charge is 0.245 e. The van der Waals surface area contributed by atoms with Gasteiger partial charge >= 0.3 is 0 Å². The van der Waals surface area contributed by atoms with Crippen LogP contribution >= 0.6 is 11.6 Å². The van der Waals surface area contributed by atoms with Gasteiger partial charge in [-0.15, -0.1) is 11.6 Å². The molecule has 96 valence electrons. The quantitative estimate of drug-likeness (QED) is 0.734. The minimum atomic E-state index is -0.385. The highest BCUT2D eigenvalue weighted by atomic mass is 35.5. The number of nitrogens with one attached hydrogen (secondary N) is 1. The van der Waals surface area contributed by atoms with Gasteiger partial charge in [0, 0.05) is 25.8 Å². The number of carbonyl (C=O) groups excluding carboxylic acids is 2. The molecule has 1 unspecified atom stereocenters. The second kappa shape index (κ2) is 5.69. The van der Waals surface area contributed by atoms with Gasteiger partial charge < -0.3 is 15.0 Å². The van der Waals surface area contributed by atoms with E-state index in [0.717, 1.165) is 19.4 Å². The van der Waals surface area contributed by atoms with Crippen LogP contribution in [0.25, 0.3) is 0 Å². The Kier molecular flexibility index (Phi) is 4.23. The van der Waals surface area contributed by atoms with Crippen molar-refractivity contribution < 1.29 is 14.3 Å². The fourth-order valence-corrected chi connectivity index (χ4v) is 2.51. The van der Waals surface area contributed by atoms with E-state index in [0.29, 0.717) is 19.6 Å². The van der Waals surface area contributed by atoms with E-state index in [4.69, 9.17) is 16.3 Å². The number of alkyl halides is 1. The number of ether oxygens (including phenoxy) is 1. The molecule has 2 fully saturated rings. The molecule has 2 aliphatic heterocycles. The van der Waals surface area contributed by atoms with Crippen LogP contribution in [-0.2, 0) is 14.3 Å². The van der Waals surface area contributed by atoms with Gasteiger partial charge in [-0.3, -0.25) is 9.59 Å². The number of hydrogen-bond acceptors (Lipinski definition) is 3. The highest BCUT2D eigenvalue weighted by Gasteiger charge is 2.36. The van der Waals surface area contributed by atoms with Crippen LogP contribution in [-0.4, -0.2) is 54.4 Å². The fraction of sp³-hybridized carbons (Fsp3) is 0.818. The first kappa shape index (κ1) is 12.6. The Morgan fingerprint density at radius 2 is 2.12 bits per heavy atom. The predicted molar refractivity (Wildman–Crippen MR) is 62.8 cm³/mol. The summed E-state index contributed by atoms with van der Waals surface area (Å²) in [6.07, 6.45) is 2.46. The van der Waals surface area contributed by atoms with Crippen LogP contribution in [0.5, 0.6) is 0 Å². The number of hydrogen-bond donors (Lipinski definition) is 1. The average molecular weight is 261 g/mol. The number of amides is 2. The second-order valence-electron chi connectivity index (χ2n) is 4.42. The monoisotopic (exact) mass is 260 g/mol. The summed E-state index contributed by atoms with van der Waals surface area (Å²) in [6, 6.07) is -0.113. The predicted octanol–water partition coefficient (Wildman–Crippen LogP) is 0.121. The minimum absolute atomic E-state index is 0.0235. The molecular weight excluding hydrogens is 244 g/mol. The molecule has 6 heteroatoms. The normalized spacial score (nSPS) is 26.3. The molecular formula is C11H17ClN2O3. The summed E-state index contributed by atoms with van der Waals surface area (Å²) >= 11 is 5.41. The van der Waals surface area contributed by atoms with Gasteiger partial charge in [-0.2, -0.15) is 0 Å². The van der Waals surface area contributed by atoms with Gasteiger partial charge in [-0.05, 0) is 19.3 Å². The molecule has 0 bridgehead atoms. The summed E-state index contributed by atoms with van der Waals surface area (Å²) in [6.45, 7) is 2.15. The molecule has 2 amide bonds. The maximum absolute atomic E-state index is 12.1. The van der Waals surface area contributed by atoms with Crippen molar-refractivity contribution in [1.29, 1.82) is 0 Å². The number of halogens is 1. The third kappa shape index (κ3) is 2.90. The summed E-state index contributed by atoms with van der Waals surface area (Å²) in [5, 5.41) is 2.65. The Balaban J connectivity index is 1.90. The van der Waals surface area contributed by atoms with E-state index < -0.39 is 0 Å². The highest BCUT2D eigenvalue weighted by molar-refractivity contribution is 6.27. The molecule has 1 N–H and O–H groups in total. The van der Waals surface area contributed by atoms with Crippen LogP contribution in [0.2, 0.25) is 0 Å². The summed E-state index contributed by atoms with van der Waals surface area (Å²) in [7, 11) is 0. The molecule has 2 heterocycles. The Bertz CT molecular complexity index is 305. The molecule has 2 rings (SSSR count). The Labute approximate surface area is 105 Å². The zero-order valence-electron chi connectivity index (χ0n) is 9.65. The van der Waals surface area contributed by atoms with Crippen LogP contribution in [0.4, 0.5) is 0 Å². The van der Waals surface area contributed by atoms with Gasteiger partial charge in [0.25, 0.3) is 0 Å². The van der Waals surface area contributed by atoms with Gasteiger partial charge in [0.05, 0.1) is 0 Å². The molecule has 0 aromatic rings. The molecule has 0 aliphatic carbocycles. The molecule has 2 aliphatic rings. The van der Waals surface area contributed by atoms with Crippen molar-refractivity contribution in [3.63, 3.8) is 0 Å². The molecule has 0 radical (unpaired) electrons. The molecule has 0 aromatic carbocycles. The minimum Gasteiger partial charge on any atom is -0.381 e. The molecule has 5 nitrogen and oxygen atoms in total. The van der Waals surface area contributed by atoms with E-state index in [2.05, 4.69) is 5.32 Å². The van der Waals surface area contributed by atoms with Crippen LogP contribution in [0.1, 0.15) is 19.3 Å². The maximum Gasteiger partial charge on any atom is 0.245 e. The molecule has 0 aromatic heterocycles. The lowest BCUT2D eigenvalue weighted by atomic mass is 10.1. The Morgan fingerprint density at radius 1 is 1.41 bits per heavy atom. The van der Waals surface area contributed by atoms with Crippen LogP contribution < -0.4 is 5.32 Å². The number of rotatable bonds is 3. The van der Waals surface area contributed by atoms with Crippen molar-refractivity contribution >= 4 is 23.4 Å². The van der Waals surface area contributed by atoms with E-state index >= 15 is 0 Å². The number of carbonyl (C=O) groups is 2. The highest BCUT2D eigenvalue weighted by Crippen LogP contribution is 2.21. The Hall–Kier alpha value is -0.810. The summed E-state index contributed by atoms with van der Waals surface area (Å²) in [4.78, 5) is 25.1. The zero-order valence-corrected chi connectivity index (χ0v) is 10.4. The van der Waals surface area contributed by atoms with E-state index in [-0.39, 0.29) is 29.8 Å². The third-order valence-corrected chi connectivity index (χ3v) is 3.57. The maximum atomic E-state index is 12.1. The summed E-state index contributed by atoms with van der Waals surface area (Å²) < 4.78 is 5.28.